The van der Waals surface area contributed by atoms with Gasteiger partial charge in [-0.15, -0.1) is 5.10 Å². The summed E-state index contributed by atoms with van der Waals surface area (Å²) in [6.07, 6.45) is -1.48. The molecule has 0 amide bonds. The van der Waals surface area contributed by atoms with Crippen molar-refractivity contribution in [2.45, 2.75) is 26.6 Å². The van der Waals surface area contributed by atoms with Crippen molar-refractivity contribution in [3.8, 4) is 22.8 Å². The van der Waals surface area contributed by atoms with Gasteiger partial charge in [0.2, 0.25) is 0 Å². The topological polar surface area (TPSA) is 75.2 Å². The largest absolute Gasteiger partial charge is 0.468 e. The van der Waals surface area contributed by atoms with Gasteiger partial charge in [0.25, 0.3) is 5.88 Å². The highest BCUT2D eigenvalue weighted by molar-refractivity contribution is 5.87. The molecule has 2 aromatic heterocycles. The smallest absolute Gasteiger partial charge is 0.394 e. The van der Waals surface area contributed by atoms with E-state index in [-0.39, 0.29) is 12.4 Å². The van der Waals surface area contributed by atoms with Gasteiger partial charge in [0.1, 0.15) is 18.1 Å². The van der Waals surface area contributed by atoms with Crippen LogP contribution in [0, 0.1) is 6.92 Å². The van der Waals surface area contributed by atoms with E-state index in [4.69, 9.17) is 9.26 Å². The second-order valence-corrected chi connectivity index (χ2v) is 6.76. The highest BCUT2D eigenvalue weighted by Gasteiger charge is 2.23. The van der Waals surface area contributed by atoms with Crippen LogP contribution in [0.3, 0.4) is 0 Å². The third-order valence-electron chi connectivity index (χ3n) is 4.25. The molecule has 0 fully saturated rings. The Morgan fingerprint density at radius 1 is 1.17 bits per heavy atom. The summed E-state index contributed by atoms with van der Waals surface area (Å²) in [6.45, 7) is 2.74. The third kappa shape index (κ3) is 4.18. The Kier molecular flexibility index (Phi) is 4.65. The van der Waals surface area contributed by atoms with E-state index in [1.54, 1.807) is 36.1 Å². The molecule has 9 heteroatoms. The van der Waals surface area contributed by atoms with Crippen LogP contribution >= 0.6 is 0 Å². The average Bonchev–Trinajstić information content (AvgIpc) is 3.24. The van der Waals surface area contributed by atoms with Crippen LogP contribution in [0.15, 0.2) is 47.1 Å². The van der Waals surface area contributed by atoms with E-state index in [1.807, 2.05) is 19.1 Å². The number of ether oxygens (including phenoxy) is 2. The normalized spacial score (nSPS) is 11.8. The van der Waals surface area contributed by atoms with E-state index in [2.05, 4.69) is 20.2 Å². The Morgan fingerprint density at radius 3 is 2.69 bits per heavy atom. The summed E-state index contributed by atoms with van der Waals surface area (Å²) >= 11 is 0. The monoisotopic (exact) mass is 400 g/mol. The standard InChI is InChI=1S/C20H18F2N4O3/c1-12-8-15(28-20(2,21)22)5-6-16(12)13-4-7-18-17(9-13)19(24-29-18)27-11-14-10-26(3)25-23-14/h4-10H,11H2,1-3H3. The van der Waals surface area contributed by atoms with Gasteiger partial charge in [-0.1, -0.05) is 17.3 Å². The fourth-order valence-corrected chi connectivity index (χ4v) is 3.02. The first kappa shape index (κ1) is 18.9. The fraction of sp³-hybridized carbons (Fsp3) is 0.250. The molecule has 0 bridgehead atoms. The van der Waals surface area contributed by atoms with Crippen molar-refractivity contribution >= 4 is 11.0 Å². The quantitative estimate of drug-likeness (QED) is 0.474. The molecule has 29 heavy (non-hydrogen) atoms. The van der Waals surface area contributed by atoms with E-state index in [9.17, 15) is 8.78 Å². The maximum Gasteiger partial charge on any atom is 0.394 e. The summed E-state index contributed by atoms with van der Waals surface area (Å²) < 4.78 is 43.4. The molecule has 7 nitrogen and oxygen atoms in total. The first-order valence-corrected chi connectivity index (χ1v) is 8.84. The van der Waals surface area contributed by atoms with Crippen LogP contribution in [0.5, 0.6) is 11.6 Å². The number of rotatable bonds is 6. The first-order valence-electron chi connectivity index (χ1n) is 8.84. The Hall–Kier alpha value is -3.49. The molecule has 0 N–H and O–H groups in total. The van der Waals surface area contributed by atoms with Gasteiger partial charge in [-0.25, -0.2) is 0 Å². The summed E-state index contributed by atoms with van der Waals surface area (Å²) in [5, 5.41) is 12.5. The van der Waals surface area contributed by atoms with Crippen molar-refractivity contribution < 1.29 is 22.8 Å². The molecule has 2 aromatic carbocycles. The predicted molar refractivity (Wildman–Crippen MR) is 101 cm³/mol. The van der Waals surface area contributed by atoms with Crippen LogP contribution in [-0.4, -0.2) is 26.3 Å². The van der Waals surface area contributed by atoms with Crippen molar-refractivity contribution in [2.75, 3.05) is 0 Å². The lowest BCUT2D eigenvalue weighted by molar-refractivity contribution is -0.158. The molecule has 0 saturated heterocycles. The van der Waals surface area contributed by atoms with Crippen molar-refractivity contribution in [1.29, 1.82) is 0 Å². The van der Waals surface area contributed by atoms with Crippen LogP contribution in [0.2, 0.25) is 0 Å². The molecule has 0 atom stereocenters. The minimum atomic E-state index is -3.23. The first-order chi connectivity index (χ1) is 13.8. The zero-order valence-electron chi connectivity index (χ0n) is 16.0. The number of hydrogen-bond acceptors (Lipinski definition) is 6. The second kappa shape index (κ2) is 7.16. The zero-order chi connectivity index (χ0) is 20.6. The number of aromatic nitrogens is 4. The number of benzene rings is 2. The summed E-state index contributed by atoms with van der Waals surface area (Å²) in [4.78, 5) is 0. The molecule has 2 heterocycles. The highest BCUT2D eigenvalue weighted by Crippen LogP contribution is 2.33. The molecule has 0 unspecified atom stereocenters. The van der Waals surface area contributed by atoms with Crippen molar-refractivity contribution in [3.63, 3.8) is 0 Å². The van der Waals surface area contributed by atoms with Crippen LogP contribution in [0.25, 0.3) is 22.1 Å². The predicted octanol–water partition coefficient (Wildman–Crippen LogP) is 4.50. The van der Waals surface area contributed by atoms with Crippen LogP contribution in [-0.2, 0) is 13.7 Å². The summed E-state index contributed by atoms with van der Waals surface area (Å²) in [6, 6.07) is 10.4. The molecule has 0 saturated carbocycles. The molecule has 0 radical (unpaired) electrons. The number of hydrogen-bond donors (Lipinski definition) is 0. The SMILES string of the molecule is Cc1cc(OC(C)(F)F)ccc1-c1ccc2onc(OCc3cn(C)nn3)c2c1. The third-order valence-corrected chi connectivity index (χ3v) is 4.25. The van der Waals surface area contributed by atoms with E-state index in [1.165, 1.54) is 6.07 Å². The lowest BCUT2D eigenvalue weighted by Crippen LogP contribution is -2.19. The molecular weight excluding hydrogens is 382 g/mol. The van der Waals surface area contributed by atoms with E-state index >= 15 is 0 Å². The maximum atomic E-state index is 13.1. The van der Waals surface area contributed by atoms with E-state index < -0.39 is 6.11 Å². The Balaban J connectivity index is 1.61. The van der Waals surface area contributed by atoms with Crippen molar-refractivity contribution in [1.82, 2.24) is 20.2 Å². The lowest BCUT2D eigenvalue weighted by Gasteiger charge is -2.15. The van der Waals surface area contributed by atoms with Gasteiger partial charge >= 0.3 is 6.11 Å². The molecule has 0 aliphatic carbocycles. The number of halogens is 2. The van der Waals surface area contributed by atoms with Crippen LogP contribution < -0.4 is 9.47 Å². The van der Waals surface area contributed by atoms with Gasteiger partial charge in [-0.2, -0.15) is 8.78 Å². The fourth-order valence-electron chi connectivity index (χ4n) is 3.02. The molecule has 0 spiro atoms. The summed E-state index contributed by atoms with van der Waals surface area (Å²) in [7, 11) is 1.77. The molecular formula is C20H18F2N4O3. The maximum absolute atomic E-state index is 13.1. The van der Waals surface area contributed by atoms with Gasteiger partial charge in [0, 0.05) is 14.0 Å². The van der Waals surface area contributed by atoms with Crippen LogP contribution in [0.1, 0.15) is 18.2 Å². The minimum absolute atomic E-state index is 0.109. The van der Waals surface area contributed by atoms with Gasteiger partial charge in [-0.3, -0.25) is 4.68 Å². The van der Waals surface area contributed by atoms with Crippen molar-refractivity contribution in [2.24, 2.45) is 7.05 Å². The number of aryl methyl sites for hydroxylation is 2. The lowest BCUT2D eigenvalue weighted by atomic mass is 9.99. The Morgan fingerprint density at radius 2 is 2.00 bits per heavy atom. The van der Waals surface area contributed by atoms with E-state index in [0.29, 0.717) is 29.5 Å². The Bertz CT molecular complexity index is 1160. The van der Waals surface area contributed by atoms with Gasteiger partial charge < -0.3 is 14.0 Å². The summed E-state index contributed by atoms with van der Waals surface area (Å²) in [5.41, 5.74) is 3.78. The van der Waals surface area contributed by atoms with Crippen LogP contribution in [0.4, 0.5) is 8.78 Å². The number of fused-ring (bicyclic) bond motifs is 1. The molecule has 4 rings (SSSR count). The van der Waals surface area contributed by atoms with Gasteiger partial charge in [0.05, 0.1) is 11.6 Å². The molecule has 150 valence electrons. The number of alkyl halides is 2. The summed E-state index contributed by atoms with van der Waals surface area (Å²) in [5.74, 6) is 0.452. The molecule has 4 aromatic rings. The molecule has 0 aliphatic heterocycles. The Labute approximate surface area is 164 Å². The number of nitrogens with zero attached hydrogens (tertiary/aromatic N) is 4. The minimum Gasteiger partial charge on any atom is -0.468 e. The van der Waals surface area contributed by atoms with Crippen molar-refractivity contribution in [3.05, 3.63) is 53.9 Å². The molecule has 0 aliphatic rings. The average molecular weight is 400 g/mol. The zero-order valence-corrected chi connectivity index (χ0v) is 16.0. The van der Waals surface area contributed by atoms with Gasteiger partial charge in [0.15, 0.2) is 5.58 Å². The van der Waals surface area contributed by atoms with E-state index in [0.717, 1.165) is 16.7 Å². The highest BCUT2D eigenvalue weighted by atomic mass is 19.3. The van der Waals surface area contributed by atoms with Gasteiger partial charge in [-0.05, 0) is 53.0 Å². The second-order valence-electron chi connectivity index (χ2n) is 6.76.